The van der Waals surface area contributed by atoms with Gasteiger partial charge < -0.3 is 18.9 Å². The molecule has 0 spiro atoms. The second-order valence-electron chi connectivity index (χ2n) is 10.9. The average Bonchev–Trinajstić information content (AvgIpc) is 3.04. The second-order valence-corrected chi connectivity index (χ2v) is 10.9. The highest BCUT2D eigenvalue weighted by atomic mass is 16.6. The van der Waals surface area contributed by atoms with E-state index in [9.17, 15) is 14.4 Å². The zero-order valence-corrected chi connectivity index (χ0v) is 20.8. The molecule has 0 aromatic heterocycles. The topological polar surface area (TPSA) is 94.6 Å². The van der Waals surface area contributed by atoms with Crippen molar-refractivity contribution in [2.75, 3.05) is 13.2 Å². The van der Waals surface area contributed by atoms with Gasteiger partial charge in [-0.25, -0.2) is 9.59 Å². The summed E-state index contributed by atoms with van der Waals surface area (Å²) in [6.07, 6.45) is -1.23. The van der Waals surface area contributed by atoms with Crippen LogP contribution in [0.15, 0.2) is 0 Å². The van der Waals surface area contributed by atoms with Crippen molar-refractivity contribution in [3.8, 4) is 11.8 Å². The van der Waals surface area contributed by atoms with Crippen molar-refractivity contribution in [3.63, 3.8) is 0 Å². The summed E-state index contributed by atoms with van der Waals surface area (Å²) in [5.41, 5.74) is -3.38. The lowest BCUT2D eigenvalue weighted by atomic mass is 10.1. The van der Waals surface area contributed by atoms with E-state index in [4.69, 9.17) is 18.9 Å². The lowest BCUT2D eigenvalue weighted by molar-refractivity contribution is -0.119. The number of hydrogen-bond donors (Lipinski definition) is 0. The van der Waals surface area contributed by atoms with E-state index in [0.29, 0.717) is 0 Å². The average molecular weight is 453 g/mol. The van der Waals surface area contributed by atoms with Crippen molar-refractivity contribution in [1.29, 1.82) is 0 Å². The minimum Gasteiger partial charge on any atom is -0.444 e. The Kier molecular flexibility index (Phi) is 6.94. The highest BCUT2D eigenvalue weighted by molar-refractivity contribution is 6.01. The number of ketones is 1. The fourth-order valence-electron chi connectivity index (χ4n) is 3.46. The molecule has 0 N–H and O–H groups in total. The smallest absolute Gasteiger partial charge is 0.413 e. The van der Waals surface area contributed by atoms with Gasteiger partial charge in [0.15, 0.2) is 0 Å². The molecule has 2 aliphatic rings. The van der Waals surface area contributed by atoms with E-state index in [2.05, 4.69) is 11.8 Å². The maximum Gasteiger partial charge on any atom is 0.413 e. The standard InChI is InChI=1S/C23H36N2O7/c1-20(2,3)31-18(27)24-15(13-29-22(24,7)8)11-12-17(26)16-14-30-23(9,10)25(16)19(28)32-21(4,5)6/h15-16H,13-14H2,1-10H3/t15-,16+/m1/s1. The maximum absolute atomic E-state index is 13.0. The molecule has 9 heteroatoms. The Balaban J connectivity index is 2.23. The fourth-order valence-corrected chi connectivity index (χ4v) is 3.46. The van der Waals surface area contributed by atoms with E-state index in [-0.39, 0.29) is 13.2 Å². The zero-order valence-electron chi connectivity index (χ0n) is 20.8. The molecule has 0 radical (unpaired) electrons. The lowest BCUT2D eigenvalue weighted by Gasteiger charge is -2.34. The quantitative estimate of drug-likeness (QED) is 0.445. The molecule has 0 aliphatic carbocycles. The molecule has 0 saturated carbocycles. The lowest BCUT2D eigenvalue weighted by Crippen LogP contribution is -2.52. The van der Waals surface area contributed by atoms with Crippen LogP contribution in [0, 0.1) is 11.8 Å². The third kappa shape index (κ3) is 6.14. The van der Waals surface area contributed by atoms with Crippen molar-refractivity contribution >= 4 is 18.0 Å². The van der Waals surface area contributed by atoms with Crippen LogP contribution in [0.25, 0.3) is 0 Å². The first-order valence-corrected chi connectivity index (χ1v) is 10.7. The van der Waals surface area contributed by atoms with E-state index < -0.39 is 52.7 Å². The second kappa shape index (κ2) is 8.56. The molecule has 0 unspecified atom stereocenters. The van der Waals surface area contributed by atoms with Crippen LogP contribution in [0.5, 0.6) is 0 Å². The predicted octanol–water partition coefficient (Wildman–Crippen LogP) is 3.30. The summed E-state index contributed by atoms with van der Waals surface area (Å²) in [6, 6.07) is -1.59. The van der Waals surface area contributed by atoms with Gasteiger partial charge in [-0.2, -0.15) is 0 Å². The van der Waals surface area contributed by atoms with Crippen molar-refractivity contribution in [2.45, 2.75) is 104 Å². The molecule has 32 heavy (non-hydrogen) atoms. The van der Waals surface area contributed by atoms with Crippen LogP contribution >= 0.6 is 0 Å². The highest BCUT2D eigenvalue weighted by Gasteiger charge is 2.49. The van der Waals surface area contributed by atoms with Gasteiger partial charge >= 0.3 is 12.2 Å². The highest BCUT2D eigenvalue weighted by Crippen LogP contribution is 2.31. The van der Waals surface area contributed by atoms with E-state index in [1.807, 2.05) is 0 Å². The Hall–Kier alpha value is -2.31. The molecule has 2 saturated heterocycles. The van der Waals surface area contributed by atoms with Crippen molar-refractivity contribution in [1.82, 2.24) is 9.80 Å². The fraction of sp³-hybridized carbons (Fsp3) is 0.783. The SMILES string of the molecule is CC(C)(C)OC(=O)N1[C@H](C#CC(=O)[C@@H]2COC(C)(C)N2C(=O)OC(C)(C)C)COC1(C)C. The van der Waals surface area contributed by atoms with Gasteiger partial charge in [0.1, 0.15) is 34.7 Å². The van der Waals surface area contributed by atoms with Crippen LogP contribution in [0.2, 0.25) is 0 Å². The van der Waals surface area contributed by atoms with E-state index in [0.717, 1.165) is 0 Å². The molecular weight excluding hydrogens is 416 g/mol. The van der Waals surface area contributed by atoms with Crippen molar-refractivity contribution in [2.24, 2.45) is 0 Å². The van der Waals surface area contributed by atoms with Crippen LogP contribution in [0.3, 0.4) is 0 Å². The van der Waals surface area contributed by atoms with Crippen LogP contribution in [-0.4, -0.2) is 75.7 Å². The van der Waals surface area contributed by atoms with Gasteiger partial charge in [0.2, 0.25) is 5.78 Å². The Morgan fingerprint density at radius 1 is 0.812 bits per heavy atom. The van der Waals surface area contributed by atoms with Gasteiger partial charge in [-0.1, -0.05) is 5.92 Å². The summed E-state index contributed by atoms with van der Waals surface area (Å²) in [5.74, 6) is 4.92. The molecule has 0 aromatic carbocycles. The van der Waals surface area contributed by atoms with Gasteiger partial charge in [-0.15, -0.1) is 0 Å². The van der Waals surface area contributed by atoms with Gasteiger partial charge in [0.05, 0.1) is 13.2 Å². The molecular formula is C23H36N2O7. The number of nitrogens with zero attached hydrogens (tertiary/aromatic N) is 2. The van der Waals surface area contributed by atoms with Crippen LogP contribution in [0.1, 0.15) is 69.2 Å². The zero-order chi connectivity index (χ0) is 24.7. The van der Waals surface area contributed by atoms with Crippen LogP contribution in [0.4, 0.5) is 9.59 Å². The summed E-state index contributed by atoms with van der Waals surface area (Å²) in [6.45, 7) is 17.5. The molecule has 2 aliphatic heterocycles. The molecule has 2 fully saturated rings. The monoisotopic (exact) mass is 452 g/mol. The summed E-state index contributed by atoms with van der Waals surface area (Å²) < 4.78 is 22.3. The van der Waals surface area contributed by atoms with Gasteiger partial charge in [-0.05, 0) is 75.2 Å². The molecule has 9 nitrogen and oxygen atoms in total. The largest absolute Gasteiger partial charge is 0.444 e. The van der Waals surface area contributed by atoms with Crippen molar-refractivity contribution in [3.05, 3.63) is 0 Å². The van der Waals surface area contributed by atoms with Crippen LogP contribution in [-0.2, 0) is 23.7 Å². The number of ether oxygens (including phenoxy) is 4. The third-order valence-corrected chi connectivity index (χ3v) is 4.82. The van der Waals surface area contributed by atoms with Crippen LogP contribution < -0.4 is 0 Å². The Morgan fingerprint density at radius 3 is 1.75 bits per heavy atom. The first kappa shape index (κ1) is 25.9. The molecule has 2 heterocycles. The van der Waals surface area contributed by atoms with E-state index in [1.54, 1.807) is 69.2 Å². The third-order valence-electron chi connectivity index (χ3n) is 4.82. The Bertz CT molecular complexity index is 824. The number of carbonyl (C=O) groups excluding carboxylic acids is 3. The number of carbonyl (C=O) groups is 3. The van der Waals surface area contributed by atoms with Crippen molar-refractivity contribution < 1.29 is 33.3 Å². The Labute approximate surface area is 190 Å². The van der Waals surface area contributed by atoms with E-state index in [1.165, 1.54) is 9.80 Å². The van der Waals surface area contributed by atoms with Gasteiger partial charge in [0.25, 0.3) is 0 Å². The molecule has 2 atom stereocenters. The molecule has 0 aromatic rings. The first-order valence-electron chi connectivity index (χ1n) is 10.7. The summed E-state index contributed by atoms with van der Waals surface area (Å²) >= 11 is 0. The Morgan fingerprint density at radius 2 is 1.25 bits per heavy atom. The van der Waals surface area contributed by atoms with E-state index >= 15 is 0 Å². The molecule has 0 bridgehead atoms. The van der Waals surface area contributed by atoms with Gasteiger partial charge in [0, 0.05) is 0 Å². The molecule has 2 rings (SSSR count). The number of hydrogen-bond acceptors (Lipinski definition) is 7. The molecule has 2 amide bonds. The normalized spacial score (nSPS) is 24.6. The van der Waals surface area contributed by atoms with Gasteiger partial charge in [-0.3, -0.25) is 14.6 Å². The minimum absolute atomic E-state index is 0.00218. The number of amides is 2. The predicted molar refractivity (Wildman–Crippen MR) is 117 cm³/mol. The minimum atomic E-state index is -1.02. The maximum atomic E-state index is 13.0. The summed E-state index contributed by atoms with van der Waals surface area (Å²) in [7, 11) is 0. The number of rotatable bonds is 1. The molecule has 180 valence electrons. The summed E-state index contributed by atoms with van der Waals surface area (Å²) in [5, 5.41) is 0. The summed E-state index contributed by atoms with van der Waals surface area (Å²) in [4.78, 5) is 41.1. The first-order chi connectivity index (χ1) is 14.3. The number of Topliss-reactive ketones (excluding diaryl/α,β-unsaturated/α-hetero) is 1.